The number of fused-ring (bicyclic) bond motifs is 1. The number of carbonyl (C=O) groups excluding carboxylic acids is 1. The Morgan fingerprint density at radius 1 is 1.13 bits per heavy atom. The van der Waals surface area contributed by atoms with Crippen molar-refractivity contribution in [3.05, 3.63) is 58.8 Å². The third-order valence-electron chi connectivity index (χ3n) is 4.27. The minimum Gasteiger partial charge on any atom is -0.481 e. The lowest BCUT2D eigenvalue weighted by Crippen LogP contribution is -2.24. The fourth-order valence-corrected chi connectivity index (χ4v) is 2.98. The van der Waals surface area contributed by atoms with Crippen LogP contribution in [0.15, 0.2) is 36.5 Å². The standard InChI is InChI=1S/C19H22N2O2/c1-23-19-9-7-15(13-21-19)12-20-18(22)11-14-6-8-16-4-2-3-5-17(16)10-14/h6-10,13H,2-5,11-12H2,1H3,(H,20,22). The van der Waals surface area contributed by atoms with Gasteiger partial charge in [0.25, 0.3) is 0 Å². The van der Waals surface area contributed by atoms with Crippen LogP contribution >= 0.6 is 0 Å². The highest BCUT2D eigenvalue weighted by atomic mass is 16.5. The van der Waals surface area contributed by atoms with E-state index in [0.29, 0.717) is 18.8 Å². The van der Waals surface area contributed by atoms with Crippen LogP contribution in [0.25, 0.3) is 0 Å². The summed E-state index contributed by atoms with van der Waals surface area (Å²) in [6.07, 6.45) is 7.00. The molecule has 1 heterocycles. The summed E-state index contributed by atoms with van der Waals surface area (Å²) >= 11 is 0. The number of nitrogens with zero attached hydrogens (tertiary/aromatic N) is 1. The van der Waals surface area contributed by atoms with Crippen molar-refractivity contribution < 1.29 is 9.53 Å². The zero-order valence-electron chi connectivity index (χ0n) is 13.5. The van der Waals surface area contributed by atoms with Crippen LogP contribution in [0, 0.1) is 0 Å². The molecule has 0 radical (unpaired) electrons. The Labute approximate surface area is 136 Å². The number of aryl methyl sites for hydroxylation is 2. The van der Waals surface area contributed by atoms with Gasteiger partial charge >= 0.3 is 0 Å². The lowest BCUT2D eigenvalue weighted by molar-refractivity contribution is -0.120. The Morgan fingerprint density at radius 3 is 2.65 bits per heavy atom. The van der Waals surface area contributed by atoms with Crippen LogP contribution in [0.5, 0.6) is 5.88 Å². The number of nitrogens with one attached hydrogen (secondary N) is 1. The molecule has 1 aromatic carbocycles. The average molecular weight is 310 g/mol. The van der Waals surface area contributed by atoms with Crippen molar-refractivity contribution in [1.29, 1.82) is 0 Å². The van der Waals surface area contributed by atoms with Crippen molar-refractivity contribution in [2.45, 2.75) is 38.6 Å². The van der Waals surface area contributed by atoms with Gasteiger partial charge in [0.05, 0.1) is 13.5 Å². The lowest BCUT2D eigenvalue weighted by atomic mass is 9.90. The normalized spacial score (nSPS) is 13.3. The fourth-order valence-electron chi connectivity index (χ4n) is 2.98. The van der Waals surface area contributed by atoms with Gasteiger partial charge in [0.2, 0.25) is 11.8 Å². The topological polar surface area (TPSA) is 51.2 Å². The number of pyridine rings is 1. The summed E-state index contributed by atoms with van der Waals surface area (Å²) in [6.45, 7) is 0.487. The minimum atomic E-state index is 0.0385. The number of amides is 1. The molecule has 0 fully saturated rings. The number of rotatable bonds is 5. The van der Waals surface area contributed by atoms with Crippen molar-refractivity contribution in [1.82, 2.24) is 10.3 Å². The van der Waals surface area contributed by atoms with Crippen LogP contribution < -0.4 is 10.1 Å². The first-order valence-electron chi connectivity index (χ1n) is 8.11. The predicted molar refractivity (Wildman–Crippen MR) is 89.4 cm³/mol. The fraction of sp³-hybridized carbons (Fsp3) is 0.368. The van der Waals surface area contributed by atoms with E-state index < -0.39 is 0 Å². The summed E-state index contributed by atoms with van der Waals surface area (Å²) in [6, 6.07) is 10.2. The van der Waals surface area contributed by atoms with E-state index in [1.165, 1.54) is 30.4 Å². The molecule has 23 heavy (non-hydrogen) atoms. The Kier molecular flexibility index (Phi) is 4.91. The monoisotopic (exact) mass is 310 g/mol. The first kappa shape index (κ1) is 15.5. The zero-order valence-corrected chi connectivity index (χ0v) is 13.5. The van der Waals surface area contributed by atoms with E-state index in [1.54, 1.807) is 19.4 Å². The van der Waals surface area contributed by atoms with Gasteiger partial charge in [-0.15, -0.1) is 0 Å². The molecule has 2 aromatic rings. The number of ether oxygens (including phenoxy) is 1. The van der Waals surface area contributed by atoms with E-state index >= 15 is 0 Å². The molecule has 0 saturated heterocycles. The van der Waals surface area contributed by atoms with Gasteiger partial charge in [0.15, 0.2) is 0 Å². The molecule has 1 N–H and O–H groups in total. The molecular formula is C19H22N2O2. The van der Waals surface area contributed by atoms with Crippen LogP contribution in [0.2, 0.25) is 0 Å². The highest BCUT2D eigenvalue weighted by Crippen LogP contribution is 2.22. The van der Waals surface area contributed by atoms with Gasteiger partial charge in [-0.1, -0.05) is 24.3 Å². The van der Waals surface area contributed by atoms with Crippen molar-refractivity contribution in [2.75, 3.05) is 7.11 Å². The quantitative estimate of drug-likeness (QED) is 0.924. The minimum absolute atomic E-state index is 0.0385. The predicted octanol–water partition coefficient (Wildman–Crippen LogP) is 2.83. The molecule has 0 spiro atoms. The number of hydrogen-bond donors (Lipinski definition) is 1. The summed E-state index contributed by atoms with van der Waals surface area (Å²) < 4.78 is 5.02. The summed E-state index contributed by atoms with van der Waals surface area (Å²) in [5.41, 5.74) is 4.92. The second kappa shape index (κ2) is 7.27. The molecule has 1 aromatic heterocycles. The molecule has 1 aliphatic rings. The molecule has 3 rings (SSSR count). The van der Waals surface area contributed by atoms with E-state index in [0.717, 1.165) is 17.5 Å². The van der Waals surface area contributed by atoms with Crippen LogP contribution in [0.3, 0.4) is 0 Å². The Bertz CT molecular complexity index is 680. The average Bonchev–Trinajstić information content (AvgIpc) is 2.60. The Morgan fingerprint density at radius 2 is 1.91 bits per heavy atom. The van der Waals surface area contributed by atoms with Gasteiger partial charge in [-0.05, 0) is 47.9 Å². The van der Waals surface area contributed by atoms with Crippen LogP contribution in [-0.2, 0) is 30.6 Å². The number of methoxy groups -OCH3 is 1. The van der Waals surface area contributed by atoms with Crippen LogP contribution in [0.1, 0.15) is 35.1 Å². The molecule has 4 heteroatoms. The van der Waals surface area contributed by atoms with Crippen molar-refractivity contribution in [2.24, 2.45) is 0 Å². The molecule has 0 bridgehead atoms. The molecule has 1 aliphatic carbocycles. The maximum absolute atomic E-state index is 12.1. The van der Waals surface area contributed by atoms with Crippen molar-refractivity contribution in [3.8, 4) is 5.88 Å². The Balaban J connectivity index is 1.54. The van der Waals surface area contributed by atoms with Gasteiger partial charge in [-0.3, -0.25) is 4.79 Å². The summed E-state index contributed by atoms with van der Waals surface area (Å²) in [4.78, 5) is 16.3. The van der Waals surface area contributed by atoms with Gasteiger partial charge < -0.3 is 10.1 Å². The van der Waals surface area contributed by atoms with E-state index in [1.807, 2.05) is 6.07 Å². The third kappa shape index (κ3) is 4.09. The van der Waals surface area contributed by atoms with Crippen LogP contribution in [0.4, 0.5) is 0 Å². The van der Waals surface area contributed by atoms with E-state index in [2.05, 4.69) is 28.5 Å². The van der Waals surface area contributed by atoms with Gasteiger partial charge in [0, 0.05) is 18.8 Å². The maximum atomic E-state index is 12.1. The second-order valence-electron chi connectivity index (χ2n) is 5.97. The van der Waals surface area contributed by atoms with E-state index in [9.17, 15) is 4.79 Å². The zero-order chi connectivity index (χ0) is 16.1. The molecule has 0 unspecified atom stereocenters. The summed E-state index contributed by atoms with van der Waals surface area (Å²) in [5.74, 6) is 0.616. The highest BCUT2D eigenvalue weighted by Gasteiger charge is 2.11. The maximum Gasteiger partial charge on any atom is 0.224 e. The number of benzene rings is 1. The smallest absolute Gasteiger partial charge is 0.224 e. The van der Waals surface area contributed by atoms with Gasteiger partial charge in [-0.25, -0.2) is 4.98 Å². The molecular weight excluding hydrogens is 288 g/mol. The highest BCUT2D eigenvalue weighted by molar-refractivity contribution is 5.78. The lowest BCUT2D eigenvalue weighted by Gasteiger charge is -2.16. The van der Waals surface area contributed by atoms with E-state index in [4.69, 9.17) is 4.74 Å². The second-order valence-corrected chi connectivity index (χ2v) is 5.97. The SMILES string of the molecule is COc1ccc(CNC(=O)Cc2ccc3c(c2)CCCC3)cn1. The van der Waals surface area contributed by atoms with Crippen LogP contribution in [-0.4, -0.2) is 18.0 Å². The number of hydrogen-bond acceptors (Lipinski definition) is 3. The Hall–Kier alpha value is -2.36. The molecule has 0 atom stereocenters. The molecule has 1 amide bonds. The summed E-state index contributed by atoms with van der Waals surface area (Å²) in [5, 5.41) is 2.95. The van der Waals surface area contributed by atoms with Crippen molar-refractivity contribution >= 4 is 5.91 Å². The van der Waals surface area contributed by atoms with Gasteiger partial charge in [-0.2, -0.15) is 0 Å². The first-order chi connectivity index (χ1) is 11.2. The largest absolute Gasteiger partial charge is 0.481 e. The van der Waals surface area contributed by atoms with E-state index in [-0.39, 0.29) is 5.91 Å². The first-order valence-corrected chi connectivity index (χ1v) is 8.11. The third-order valence-corrected chi connectivity index (χ3v) is 4.27. The molecule has 4 nitrogen and oxygen atoms in total. The molecule has 120 valence electrons. The number of carbonyl (C=O) groups is 1. The van der Waals surface area contributed by atoms with Gasteiger partial charge in [0.1, 0.15) is 0 Å². The molecule has 0 saturated carbocycles. The number of aromatic nitrogens is 1. The van der Waals surface area contributed by atoms with Crippen molar-refractivity contribution in [3.63, 3.8) is 0 Å². The molecule has 0 aliphatic heterocycles. The summed E-state index contributed by atoms with van der Waals surface area (Å²) in [7, 11) is 1.59.